The third-order valence-corrected chi connectivity index (χ3v) is 5.86. The Bertz CT molecular complexity index is 472. The molecule has 7 nitrogen and oxygen atoms in total. The minimum atomic E-state index is 0.754. The van der Waals surface area contributed by atoms with Gasteiger partial charge in [-0.1, -0.05) is 30.3 Å². The van der Waals surface area contributed by atoms with Crippen molar-refractivity contribution in [3.63, 3.8) is 0 Å². The van der Waals surface area contributed by atoms with Gasteiger partial charge in [-0.3, -0.25) is 4.90 Å². The van der Waals surface area contributed by atoms with Crippen LogP contribution in [0.3, 0.4) is 0 Å². The second-order valence-corrected chi connectivity index (χ2v) is 8.72. The number of nitrogens with zero attached hydrogens (tertiary/aromatic N) is 3. The molecule has 0 spiro atoms. The molecule has 0 saturated carbocycles. The largest absolute Gasteiger partial charge is 0.330 e. The van der Waals surface area contributed by atoms with Gasteiger partial charge in [0.2, 0.25) is 0 Å². The molecule has 8 N–H and O–H groups in total. The van der Waals surface area contributed by atoms with Crippen LogP contribution in [0.1, 0.15) is 44.1 Å². The highest BCUT2D eigenvalue weighted by atomic mass is 15.2. The zero-order valence-corrected chi connectivity index (χ0v) is 20.5. The van der Waals surface area contributed by atoms with Gasteiger partial charge in [-0.15, -0.1) is 0 Å². The Balaban J connectivity index is 2.55. The smallest absolute Gasteiger partial charge is 0.0233 e. The molecule has 0 atom stereocenters. The Kier molecular flexibility index (Phi) is 18.6. The van der Waals surface area contributed by atoms with E-state index in [1.54, 1.807) is 0 Å². The van der Waals surface area contributed by atoms with Crippen molar-refractivity contribution in [2.24, 2.45) is 22.9 Å². The normalized spacial score (nSPS) is 11.8. The van der Waals surface area contributed by atoms with Crippen LogP contribution in [0.4, 0.5) is 0 Å². The molecule has 0 amide bonds. The Hall–Kier alpha value is -1.06. The first-order chi connectivity index (χ1) is 15.7. The summed E-state index contributed by atoms with van der Waals surface area (Å²) < 4.78 is 0. The Morgan fingerprint density at radius 3 is 1.16 bits per heavy atom. The predicted molar refractivity (Wildman–Crippen MR) is 139 cm³/mol. The van der Waals surface area contributed by atoms with E-state index < -0.39 is 0 Å². The highest BCUT2D eigenvalue weighted by Crippen LogP contribution is 2.08. The number of hydrogen-bond donors (Lipinski definition) is 4. The van der Waals surface area contributed by atoms with Gasteiger partial charge in [0, 0.05) is 6.54 Å². The first-order valence-electron chi connectivity index (χ1n) is 12.7. The second-order valence-electron chi connectivity index (χ2n) is 8.72. The lowest BCUT2D eigenvalue weighted by molar-refractivity contribution is 0.201. The highest BCUT2D eigenvalue weighted by Gasteiger charge is 2.10. The van der Waals surface area contributed by atoms with Gasteiger partial charge in [-0.05, 0) is 123 Å². The van der Waals surface area contributed by atoms with Gasteiger partial charge in [0.05, 0.1) is 0 Å². The van der Waals surface area contributed by atoms with Crippen LogP contribution < -0.4 is 22.9 Å². The lowest BCUT2D eigenvalue weighted by Crippen LogP contribution is -2.35. The quantitative estimate of drug-likeness (QED) is 0.211. The summed E-state index contributed by atoms with van der Waals surface area (Å²) in [7, 11) is 0. The van der Waals surface area contributed by atoms with Crippen molar-refractivity contribution in [1.29, 1.82) is 0 Å². The maximum Gasteiger partial charge on any atom is 0.0233 e. The average molecular weight is 450 g/mol. The van der Waals surface area contributed by atoms with E-state index in [0.29, 0.717) is 0 Å². The van der Waals surface area contributed by atoms with Crippen molar-refractivity contribution >= 4 is 0 Å². The topological polar surface area (TPSA) is 114 Å². The summed E-state index contributed by atoms with van der Waals surface area (Å²) in [4.78, 5) is 7.67. The molecule has 0 heterocycles. The average Bonchev–Trinajstić information content (AvgIpc) is 2.82. The Morgan fingerprint density at radius 1 is 0.438 bits per heavy atom. The van der Waals surface area contributed by atoms with Crippen LogP contribution in [-0.4, -0.2) is 93.2 Å². The zero-order chi connectivity index (χ0) is 23.3. The van der Waals surface area contributed by atoms with E-state index in [1.165, 1.54) is 18.4 Å². The van der Waals surface area contributed by atoms with E-state index in [9.17, 15) is 0 Å². The summed E-state index contributed by atoms with van der Waals surface area (Å²) in [5, 5.41) is 0. The molecular weight excluding hydrogens is 398 g/mol. The van der Waals surface area contributed by atoms with Gasteiger partial charge in [-0.2, -0.15) is 0 Å². The van der Waals surface area contributed by atoms with Crippen molar-refractivity contribution in [2.45, 2.75) is 45.1 Å². The molecule has 1 rings (SSSR count). The number of benzene rings is 1. The van der Waals surface area contributed by atoms with Crippen LogP contribution in [0, 0.1) is 0 Å². The standard InChI is InChI=1S/C25H51N7/c26-12-4-16-30(17-5-13-27)20-8-22-32(24-25-10-2-1-3-11-25)23-9-21-31(18-6-14-28)19-7-15-29/h1-3,10-11H,4-9,12-24,26-29H2. The molecule has 1 aromatic rings. The lowest BCUT2D eigenvalue weighted by Gasteiger charge is -2.27. The van der Waals surface area contributed by atoms with E-state index in [0.717, 1.165) is 111 Å². The molecular formula is C25H51N7. The summed E-state index contributed by atoms with van der Waals surface area (Å²) in [5.41, 5.74) is 24.3. The lowest BCUT2D eigenvalue weighted by atomic mass is 10.2. The van der Waals surface area contributed by atoms with Crippen molar-refractivity contribution in [3.05, 3.63) is 35.9 Å². The molecule has 0 aliphatic rings. The van der Waals surface area contributed by atoms with E-state index in [4.69, 9.17) is 22.9 Å². The van der Waals surface area contributed by atoms with E-state index >= 15 is 0 Å². The highest BCUT2D eigenvalue weighted by molar-refractivity contribution is 5.14. The van der Waals surface area contributed by atoms with E-state index in [1.807, 2.05) is 0 Å². The van der Waals surface area contributed by atoms with Crippen LogP contribution in [0.25, 0.3) is 0 Å². The summed E-state index contributed by atoms with van der Waals surface area (Å²) in [6.07, 6.45) is 6.57. The fourth-order valence-corrected chi connectivity index (χ4v) is 4.08. The van der Waals surface area contributed by atoms with Crippen LogP contribution >= 0.6 is 0 Å². The Morgan fingerprint density at radius 2 is 0.781 bits per heavy atom. The molecule has 186 valence electrons. The van der Waals surface area contributed by atoms with Gasteiger partial charge in [0.1, 0.15) is 0 Å². The Labute approximate surface area is 197 Å². The fraction of sp³-hybridized carbons (Fsp3) is 0.760. The summed E-state index contributed by atoms with van der Waals surface area (Å²) in [6, 6.07) is 10.8. The molecule has 0 fully saturated rings. The molecule has 0 unspecified atom stereocenters. The monoisotopic (exact) mass is 449 g/mol. The van der Waals surface area contributed by atoms with Crippen LogP contribution in [0.5, 0.6) is 0 Å². The maximum absolute atomic E-state index is 5.73. The molecule has 32 heavy (non-hydrogen) atoms. The SMILES string of the molecule is NCCCN(CCCN)CCCN(CCCN(CCCN)CCCN)Cc1ccccc1. The van der Waals surface area contributed by atoms with Gasteiger partial charge in [0.25, 0.3) is 0 Å². The number of hydrogen-bond acceptors (Lipinski definition) is 7. The van der Waals surface area contributed by atoms with Crippen LogP contribution in [0.2, 0.25) is 0 Å². The molecule has 0 saturated heterocycles. The summed E-state index contributed by atoms with van der Waals surface area (Å²) >= 11 is 0. The number of rotatable bonds is 22. The molecule has 0 radical (unpaired) electrons. The molecule has 0 aliphatic carbocycles. The third-order valence-electron chi connectivity index (χ3n) is 5.86. The second kappa shape index (κ2) is 20.5. The van der Waals surface area contributed by atoms with Gasteiger partial charge in [0.15, 0.2) is 0 Å². The van der Waals surface area contributed by atoms with Crippen LogP contribution in [0.15, 0.2) is 30.3 Å². The van der Waals surface area contributed by atoms with Gasteiger partial charge >= 0.3 is 0 Å². The van der Waals surface area contributed by atoms with Gasteiger partial charge in [-0.25, -0.2) is 0 Å². The van der Waals surface area contributed by atoms with Crippen molar-refractivity contribution < 1.29 is 0 Å². The number of nitrogens with two attached hydrogens (primary N) is 4. The predicted octanol–water partition coefficient (Wildman–Crippen LogP) is 1.27. The maximum atomic E-state index is 5.73. The van der Waals surface area contributed by atoms with Crippen LogP contribution in [-0.2, 0) is 6.54 Å². The van der Waals surface area contributed by atoms with Gasteiger partial charge < -0.3 is 32.7 Å². The molecule has 0 aromatic heterocycles. The zero-order valence-electron chi connectivity index (χ0n) is 20.5. The summed E-state index contributed by atoms with van der Waals surface area (Å²) in [6.45, 7) is 12.8. The third kappa shape index (κ3) is 14.9. The van der Waals surface area contributed by atoms with E-state index in [-0.39, 0.29) is 0 Å². The minimum Gasteiger partial charge on any atom is -0.330 e. The summed E-state index contributed by atoms with van der Waals surface area (Å²) in [5.74, 6) is 0. The van der Waals surface area contributed by atoms with E-state index in [2.05, 4.69) is 45.0 Å². The van der Waals surface area contributed by atoms with Crippen molar-refractivity contribution in [1.82, 2.24) is 14.7 Å². The molecule has 7 heteroatoms. The minimum absolute atomic E-state index is 0.754. The molecule has 0 bridgehead atoms. The fourth-order valence-electron chi connectivity index (χ4n) is 4.08. The first kappa shape index (κ1) is 29.0. The molecule has 1 aromatic carbocycles. The first-order valence-corrected chi connectivity index (χ1v) is 12.7. The van der Waals surface area contributed by atoms with Crippen molar-refractivity contribution in [2.75, 3.05) is 78.5 Å². The van der Waals surface area contributed by atoms with Crippen molar-refractivity contribution in [3.8, 4) is 0 Å². The molecule has 0 aliphatic heterocycles.